The van der Waals surface area contributed by atoms with E-state index in [1.165, 1.54) is 0 Å². The summed E-state index contributed by atoms with van der Waals surface area (Å²) in [4.78, 5) is 14.7. The average Bonchev–Trinajstić information content (AvgIpc) is 2.95. The van der Waals surface area contributed by atoms with Crippen LogP contribution < -0.4 is 14.8 Å². The van der Waals surface area contributed by atoms with Crippen LogP contribution in [0.25, 0.3) is 0 Å². The smallest absolute Gasteiger partial charge is 0.254 e. The molecule has 1 N–H and O–H groups in total. The maximum atomic E-state index is 12.7. The van der Waals surface area contributed by atoms with E-state index >= 15 is 0 Å². The first-order valence-corrected chi connectivity index (χ1v) is 7.87. The second-order valence-corrected chi connectivity index (χ2v) is 5.88. The van der Waals surface area contributed by atoms with Gasteiger partial charge in [0.1, 0.15) is 0 Å². The van der Waals surface area contributed by atoms with Crippen LogP contribution in [-0.4, -0.2) is 50.2 Å². The van der Waals surface area contributed by atoms with Crippen molar-refractivity contribution in [3.8, 4) is 11.5 Å². The lowest BCUT2D eigenvalue weighted by atomic mass is 10.1. The van der Waals surface area contributed by atoms with Gasteiger partial charge in [-0.1, -0.05) is 0 Å². The summed E-state index contributed by atoms with van der Waals surface area (Å²) in [6, 6.07) is 5.68. The number of likely N-dealkylation sites (N-methyl/N-ethyl adjacent to an activating group) is 1. The first-order chi connectivity index (χ1) is 10.6. The first kappa shape index (κ1) is 16.6. The van der Waals surface area contributed by atoms with Gasteiger partial charge in [0, 0.05) is 24.7 Å². The highest BCUT2D eigenvalue weighted by molar-refractivity contribution is 5.95. The lowest BCUT2D eigenvalue weighted by molar-refractivity contribution is 0.0736. The summed E-state index contributed by atoms with van der Waals surface area (Å²) in [5.74, 6) is 1.33. The largest absolute Gasteiger partial charge is 0.493 e. The first-order valence-electron chi connectivity index (χ1n) is 7.87. The summed E-state index contributed by atoms with van der Waals surface area (Å²) in [7, 11) is 3.51. The molecule has 1 saturated heterocycles. The van der Waals surface area contributed by atoms with Gasteiger partial charge in [0.15, 0.2) is 11.5 Å². The Morgan fingerprint density at radius 3 is 2.82 bits per heavy atom. The molecule has 1 aliphatic rings. The van der Waals surface area contributed by atoms with Crippen molar-refractivity contribution in [1.82, 2.24) is 10.2 Å². The zero-order chi connectivity index (χ0) is 16.1. The van der Waals surface area contributed by atoms with E-state index < -0.39 is 0 Å². The van der Waals surface area contributed by atoms with E-state index in [0.29, 0.717) is 17.1 Å². The Kier molecular flexibility index (Phi) is 5.66. The molecule has 22 heavy (non-hydrogen) atoms. The number of rotatable bonds is 6. The highest BCUT2D eigenvalue weighted by Crippen LogP contribution is 2.30. The number of nitrogens with zero attached hydrogens (tertiary/aromatic N) is 1. The fourth-order valence-corrected chi connectivity index (χ4v) is 2.87. The van der Waals surface area contributed by atoms with Gasteiger partial charge in [-0.05, 0) is 51.9 Å². The minimum atomic E-state index is 0.0622. The van der Waals surface area contributed by atoms with Crippen molar-refractivity contribution in [2.75, 3.05) is 27.2 Å². The molecule has 5 nitrogen and oxygen atoms in total. The van der Waals surface area contributed by atoms with E-state index in [1.807, 2.05) is 37.9 Å². The minimum Gasteiger partial charge on any atom is -0.493 e. The average molecular weight is 306 g/mol. The van der Waals surface area contributed by atoms with Gasteiger partial charge in [-0.25, -0.2) is 0 Å². The summed E-state index contributed by atoms with van der Waals surface area (Å²) in [5.41, 5.74) is 0.649. The van der Waals surface area contributed by atoms with Gasteiger partial charge < -0.3 is 19.7 Å². The number of methoxy groups -OCH3 is 1. The van der Waals surface area contributed by atoms with E-state index in [4.69, 9.17) is 9.47 Å². The molecular weight excluding hydrogens is 280 g/mol. The lowest BCUT2D eigenvalue weighted by Crippen LogP contribution is -2.40. The lowest BCUT2D eigenvalue weighted by Gasteiger charge is -2.25. The van der Waals surface area contributed by atoms with Crippen molar-refractivity contribution in [2.45, 2.75) is 38.8 Å². The Labute approximate surface area is 132 Å². The number of nitrogens with one attached hydrogen (secondary N) is 1. The molecule has 1 amide bonds. The fraction of sp³-hybridized carbons (Fsp3) is 0.588. The summed E-state index contributed by atoms with van der Waals surface area (Å²) in [5, 5.41) is 3.16. The molecule has 0 spiro atoms. The van der Waals surface area contributed by atoms with Crippen LogP contribution in [0, 0.1) is 0 Å². The van der Waals surface area contributed by atoms with Gasteiger partial charge in [-0.15, -0.1) is 0 Å². The van der Waals surface area contributed by atoms with Crippen LogP contribution in [0.2, 0.25) is 0 Å². The maximum absolute atomic E-state index is 12.7. The molecule has 1 heterocycles. The molecule has 1 aromatic carbocycles. The Balaban J connectivity index is 2.19. The maximum Gasteiger partial charge on any atom is 0.254 e. The molecule has 0 bridgehead atoms. The van der Waals surface area contributed by atoms with Crippen molar-refractivity contribution in [2.24, 2.45) is 0 Å². The van der Waals surface area contributed by atoms with Crippen molar-refractivity contribution < 1.29 is 14.3 Å². The van der Waals surface area contributed by atoms with Gasteiger partial charge in [0.05, 0.1) is 13.2 Å². The Hall–Kier alpha value is -1.75. The van der Waals surface area contributed by atoms with Crippen LogP contribution in [0.3, 0.4) is 0 Å². The number of amides is 1. The zero-order valence-corrected chi connectivity index (χ0v) is 13.9. The molecule has 2 rings (SSSR count). The van der Waals surface area contributed by atoms with Crippen molar-refractivity contribution in [3.63, 3.8) is 0 Å². The van der Waals surface area contributed by atoms with Gasteiger partial charge >= 0.3 is 0 Å². The predicted molar refractivity (Wildman–Crippen MR) is 86.7 cm³/mol. The van der Waals surface area contributed by atoms with Crippen LogP contribution in [0.5, 0.6) is 11.5 Å². The molecular formula is C17H26N2O3. The van der Waals surface area contributed by atoms with E-state index in [9.17, 15) is 4.79 Å². The normalized spacial score (nSPS) is 17.9. The molecule has 1 unspecified atom stereocenters. The van der Waals surface area contributed by atoms with E-state index in [1.54, 1.807) is 13.2 Å². The number of likely N-dealkylation sites (tertiary alicyclic amines) is 1. The third-order valence-electron chi connectivity index (χ3n) is 3.85. The third-order valence-corrected chi connectivity index (χ3v) is 3.85. The molecule has 122 valence electrons. The topological polar surface area (TPSA) is 50.8 Å². The number of ether oxygens (including phenoxy) is 2. The minimum absolute atomic E-state index is 0.0622. The fourth-order valence-electron chi connectivity index (χ4n) is 2.87. The monoisotopic (exact) mass is 306 g/mol. The van der Waals surface area contributed by atoms with Crippen LogP contribution in [0.15, 0.2) is 18.2 Å². The molecule has 1 fully saturated rings. The number of hydrogen-bond acceptors (Lipinski definition) is 4. The van der Waals surface area contributed by atoms with E-state index in [0.717, 1.165) is 25.9 Å². The van der Waals surface area contributed by atoms with Gasteiger partial charge in [0.25, 0.3) is 5.91 Å². The highest BCUT2D eigenvalue weighted by Gasteiger charge is 2.29. The van der Waals surface area contributed by atoms with Gasteiger partial charge in [-0.2, -0.15) is 0 Å². The van der Waals surface area contributed by atoms with Crippen LogP contribution in [-0.2, 0) is 0 Å². The molecule has 0 saturated carbocycles. The summed E-state index contributed by atoms with van der Waals surface area (Å²) < 4.78 is 11.1. The van der Waals surface area contributed by atoms with E-state index in [2.05, 4.69) is 5.32 Å². The number of benzene rings is 1. The Morgan fingerprint density at radius 2 is 2.18 bits per heavy atom. The molecule has 1 aromatic rings. The standard InChI is InChI=1S/C17H26N2O3/c1-12(2)22-15-8-7-13(10-16(15)21-4)17(20)19-9-5-6-14(19)11-18-3/h7-8,10,12,14,18H,5-6,9,11H2,1-4H3. The molecule has 0 radical (unpaired) electrons. The SMILES string of the molecule is CNCC1CCCN1C(=O)c1ccc(OC(C)C)c(OC)c1. The van der Waals surface area contributed by atoms with Crippen molar-refractivity contribution in [3.05, 3.63) is 23.8 Å². The van der Waals surface area contributed by atoms with Crippen molar-refractivity contribution in [1.29, 1.82) is 0 Å². The van der Waals surface area contributed by atoms with Gasteiger partial charge in [-0.3, -0.25) is 4.79 Å². The second-order valence-electron chi connectivity index (χ2n) is 5.88. The molecule has 0 aromatic heterocycles. The summed E-state index contributed by atoms with van der Waals surface area (Å²) >= 11 is 0. The molecule has 0 aliphatic carbocycles. The van der Waals surface area contributed by atoms with E-state index in [-0.39, 0.29) is 18.1 Å². The number of carbonyl (C=O) groups excluding carboxylic acids is 1. The predicted octanol–water partition coefficient (Wildman–Crippen LogP) is 2.31. The number of carbonyl (C=O) groups is 1. The van der Waals surface area contributed by atoms with Gasteiger partial charge in [0.2, 0.25) is 0 Å². The van der Waals surface area contributed by atoms with Crippen molar-refractivity contribution >= 4 is 5.91 Å². The number of hydrogen-bond donors (Lipinski definition) is 1. The van der Waals surface area contributed by atoms with Crippen LogP contribution in [0.1, 0.15) is 37.0 Å². The van der Waals surface area contributed by atoms with Crippen LogP contribution >= 0.6 is 0 Å². The molecule has 1 aliphatic heterocycles. The Bertz CT molecular complexity index is 517. The second kappa shape index (κ2) is 7.49. The van der Waals surface area contributed by atoms with Crippen LogP contribution in [0.4, 0.5) is 0 Å². The summed E-state index contributed by atoms with van der Waals surface area (Å²) in [6.07, 6.45) is 2.18. The third kappa shape index (κ3) is 3.71. The molecule has 1 atom stereocenters. The molecule has 5 heteroatoms. The quantitative estimate of drug-likeness (QED) is 0.876. The summed E-state index contributed by atoms with van der Waals surface area (Å²) in [6.45, 7) is 5.57. The zero-order valence-electron chi connectivity index (χ0n) is 13.9. The Morgan fingerprint density at radius 1 is 1.41 bits per heavy atom. The highest BCUT2D eigenvalue weighted by atomic mass is 16.5.